The van der Waals surface area contributed by atoms with Crippen LogP contribution in [0.4, 0.5) is 5.69 Å². The predicted molar refractivity (Wildman–Crippen MR) is 109 cm³/mol. The second-order valence-corrected chi connectivity index (χ2v) is 7.48. The molecule has 0 bridgehead atoms. The molecule has 2 amide bonds. The van der Waals surface area contributed by atoms with Crippen molar-refractivity contribution in [3.05, 3.63) is 43.0 Å². The van der Waals surface area contributed by atoms with Gasteiger partial charge in [0.25, 0.3) is 0 Å². The van der Waals surface area contributed by atoms with E-state index in [2.05, 4.69) is 22.5 Å². The van der Waals surface area contributed by atoms with Crippen molar-refractivity contribution in [3.63, 3.8) is 0 Å². The average molecular weight is 376 g/mol. The lowest BCUT2D eigenvalue weighted by Gasteiger charge is -2.26. The molecule has 0 saturated carbocycles. The molecule has 6 nitrogen and oxygen atoms in total. The molecule has 0 aromatic heterocycles. The van der Waals surface area contributed by atoms with Gasteiger partial charge in [0.2, 0.25) is 11.8 Å². The summed E-state index contributed by atoms with van der Waals surface area (Å²) in [7, 11) is 0. The summed E-state index contributed by atoms with van der Waals surface area (Å²) >= 11 is 0. The minimum Gasteiger partial charge on any atom is -0.388 e. The molecule has 0 aliphatic heterocycles. The predicted octanol–water partition coefficient (Wildman–Crippen LogP) is 2.32. The minimum absolute atomic E-state index is 0.00102. The van der Waals surface area contributed by atoms with E-state index < -0.39 is 18.2 Å². The second kappa shape index (κ2) is 11.5. The zero-order valence-corrected chi connectivity index (χ0v) is 16.7. The normalized spacial score (nSPS) is 14.5. The van der Waals surface area contributed by atoms with Crippen LogP contribution in [-0.4, -0.2) is 41.7 Å². The van der Waals surface area contributed by atoms with E-state index in [9.17, 15) is 14.7 Å². The van der Waals surface area contributed by atoms with Gasteiger partial charge in [0, 0.05) is 12.2 Å². The van der Waals surface area contributed by atoms with Crippen molar-refractivity contribution in [2.75, 3.05) is 11.9 Å². The topological polar surface area (TPSA) is 90.5 Å². The van der Waals surface area contributed by atoms with E-state index in [1.165, 1.54) is 6.08 Å². The monoisotopic (exact) mass is 375 g/mol. The average Bonchev–Trinajstić information content (AvgIpc) is 2.61. The van der Waals surface area contributed by atoms with Gasteiger partial charge in [-0.3, -0.25) is 9.59 Å². The molecule has 1 aromatic carbocycles. The Morgan fingerprint density at radius 3 is 2.26 bits per heavy atom. The van der Waals surface area contributed by atoms with E-state index in [-0.39, 0.29) is 30.2 Å². The third-order valence-corrected chi connectivity index (χ3v) is 4.15. The van der Waals surface area contributed by atoms with E-state index in [1.807, 2.05) is 45.9 Å². The van der Waals surface area contributed by atoms with Gasteiger partial charge in [-0.1, -0.05) is 52.0 Å². The summed E-state index contributed by atoms with van der Waals surface area (Å²) in [6.45, 7) is 11.6. The van der Waals surface area contributed by atoms with Crippen molar-refractivity contribution in [2.24, 2.45) is 11.8 Å². The summed E-state index contributed by atoms with van der Waals surface area (Å²) < 4.78 is 0. The molecule has 0 saturated heterocycles. The summed E-state index contributed by atoms with van der Waals surface area (Å²) in [5.74, 6) is -0.254. The standard InChI is InChI=1S/C21H33N3O3/c1-6-17(25)13-22-19(15(4)5)21(27)24-18(12-14(2)3)20(26)23-16-10-8-7-9-11-16/h6-11,14-15,17-19,22,25H,1,12-13H2,2-5H3,(H,23,26)(H,24,27)/t17-,18-,19+/m1/s1. The Balaban J connectivity index is 2.81. The Kier molecular flexibility index (Phi) is 9.75. The summed E-state index contributed by atoms with van der Waals surface area (Å²) in [6.07, 6.45) is 1.22. The number of benzene rings is 1. The SMILES string of the molecule is C=C[C@@H](O)CN[C@H](C(=O)N[C@H](CC(C)C)C(=O)Nc1ccccc1)C(C)C. The van der Waals surface area contributed by atoms with Gasteiger partial charge < -0.3 is 21.1 Å². The first kappa shape index (κ1) is 22.9. The van der Waals surface area contributed by atoms with E-state index in [1.54, 1.807) is 12.1 Å². The lowest BCUT2D eigenvalue weighted by atomic mass is 9.99. The molecule has 3 atom stereocenters. The van der Waals surface area contributed by atoms with E-state index in [4.69, 9.17) is 0 Å². The molecule has 27 heavy (non-hydrogen) atoms. The van der Waals surface area contributed by atoms with Gasteiger partial charge in [0.15, 0.2) is 0 Å². The first-order valence-corrected chi connectivity index (χ1v) is 9.44. The van der Waals surface area contributed by atoms with Gasteiger partial charge in [0.1, 0.15) is 6.04 Å². The minimum atomic E-state index is -0.730. The number of aliphatic hydroxyl groups excluding tert-OH is 1. The molecular formula is C21H33N3O3. The molecule has 4 N–H and O–H groups in total. The van der Waals surface area contributed by atoms with Gasteiger partial charge in [-0.25, -0.2) is 0 Å². The van der Waals surface area contributed by atoms with Crippen molar-refractivity contribution in [1.82, 2.24) is 10.6 Å². The number of carbonyl (C=O) groups is 2. The van der Waals surface area contributed by atoms with Crippen LogP contribution in [0.25, 0.3) is 0 Å². The van der Waals surface area contributed by atoms with Gasteiger partial charge in [-0.15, -0.1) is 6.58 Å². The molecule has 1 rings (SSSR count). The van der Waals surface area contributed by atoms with Crippen LogP contribution in [0.15, 0.2) is 43.0 Å². The first-order chi connectivity index (χ1) is 12.7. The number of carbonyl (C=O) groups excluding carboxylic acids is 2. The Hall–Kier alpha value is -2.18. The van der Waals surface area contributed by atoms with Gasteiger partial charge in [-0.2, -0.15) is 0 Å². The lowest BCUT2D eigenvalue weighted by Crippen LogP contribution is -2.54. The molecule has 0 spiro atoms. The smallest absolute Gasteiger partial charge is 0.246 e. The number of hydrogen-bond acceptors (Lipinski definition) is 4. The third kappa shape index (κ3) is 8.37. The number of amides is 2. The zero-order valence-electron chi connectivity index (χ0n) is 16.7. The molecule has 0 aliphatic carbocycles. The molecule has 6 heteroatoms. The van der Waals surface area contributed by atoms with Crippen LogP contribution in [0.3, 0.4) is 0 Å². The van der Waals surface area contributed by atoms with Crippen LogP contribution in [0.2, 0.25) is 0 Å². The fourth-order valence-corrected chi connectivity index (χ4v) is 2.68. The van der Waals surface area contributed by atoms with Crippen molar-refractivity contribution in [1.29, 1.82) is 0 Å². The van der Waals surface area contributed by atoms with Crippen molar-refractivity contribution in [3.8, 4) is 0 Å². The second-order valence-electron chi connectivity index (χ2n) is 7.48. The molecule has 0 unspecified atom stereocenters. The van der Waals surface area contributed by atoms with Gasteiger partial charge in [-0.05, 0) is 30.4 Å². The van der Waals surface area contributed by atoms with Crippen LogP contribution in [0.1, 0.15) is 34.1 Å². The zero-order chi connectivity index (χ0) is 20.4. The highest BCUT2D eigenvalue weighted by Gasteiger charge is 2.28. The Morgan fingerprint density at radius 2 is 1.74 bits per heavy atom. The van der Waals surface area contributed by atoms with Crippen LogP contribution in [0, 0.1) is 11.8 Å². The highest BCUT2D eigenvalue weighted by Crippen LogP contribution is 2.11. The van der Waals surface area contributed by atoms with E-state index >= 15 is 0 Å². The number of anilines is 1. The van der Waals surface area contributed by atoms with Crippen molar-refractivity contribution >= 4 is 17.5 Å². The highest BCUT2D eigenvalue weighted by atomic mass is 16.3. The summed E-state index contributed by atoms with van der Waals surface area (Å²) in [5.41, 5.74) is 0.693. The van der Waals surface area contributed by atoms with Crippen LogP contribution < -0.4 is 16.0 Å². The van der Waals surface area contributed by atoms with Gasteiger partial charge in [0.05, 0.1) is 12.1 Å². The number of rotatable bonds is 11. The first-order valence-electron chi connectivity index (χ1n) is 9.44. The van der Waals surface area contributed by atoms with Crippen LogP contribution >= 0.6 is 0 Å². The maximum Gasteiger partial charge on any atom is 0.246 e. The fraction of sp³-hybridized carbons (Fsp3) is 0.524. The molecule has 1 aromatic rings. The summed E-state index contributed by atoms with van der Waals surface area (Å²) in [5, 5.41) is 18.4. The molecular weight excluding hydrogens is 342 g/mol. The van der Waals surface area contributed by atoms with Crippen LogP contribution in [0.5, 0.6) is 0 Å². The fourth-order valence-electron chi connectivity index (χ4n) is 2.68. The third-order valence-electron chi connectivity index (χ3n) is 4.15. The molecule has 150 valence electrons. The number of aliphatic hydroxyl groups is 1. The Morgan fingerprint density at radius 1 is 1.11 bits per heavy atom. The molecule has 0 radical (unpaired) electrons. The maximum absolute atomic E-state index is 12.8. The largest absolute Gasteiger partial charge is 0.388 e. The number of para-hydroxylation sites is 1. The molecule has 0 fully saturated rings. The Bertz CT molecular complexity index is 602. The number of hydrogen-bond donors (Lipinski definition) is 4. The summed E-state index contributed by atoms with van der Waals surface area (Å²) in [4.78, 5) is 25.5. The molecule has 0 aliphatic rings. The van der Waals surface area contributed by atoms with Crippen molar-refractivity contribution < 1.29 is 14.7 Å². The van der Waals surface area contributed by atoms with E-state index in [0.717, 1.165) is 0 Å². The summed E-state index contributed by atoms with van der Waals surface area (Å²) in [6, 6.07) is 8.02. The van der Waals surface area contributed by atoms with Gasteiger partial charge >= 0.3 is 0 Å². The highest BCUT2D eigenvalue weighted by molar-refractivity contribution is 5.97. The lowest BCUT2D eigenvalue weighted by molar-refractivity contribution is -0.129. The van der Waals surface area contributed by atoms with Crippen molar-refractivity contribution in [2.45, 2.75) is 52.3 Å². The maximum atomic E-state index is 12.8. The van der Waals surface area contributed by atoms with Crippen LogP contribution in [-0.2, 0) is 9.59 Å². The van der Waals surface area contributed by atoms with E-state index in [0.29, 0.717) is 12.1 Å². The number of nitrogens with one attached hydrogen (secondary N) is 3. The Labute approximate surface area is 162 Å². The molecule has 0 heterocycles. The quantitative estimate of drug-likeness (QED) is 0.447.